The average molecular weight is 651 g/mol. The van der Waals surface area contributed by atoms with Crippen LogP contribution in [0.15, 0.2) is 96.0 Å². The molecule has 3 heterocycles. The maximum absolute atomic E-state index is 13.0. The smallest absolute Gasteiger partial charge is 0.243 e. The molecule has 1 aliphatic rings. The number of fused-ring (bicyclic) bond motifs is 1. The lowest BCUT2D eigenvalue weighted by Crippen LogP contribution is -2.48. The number of nitrogens with zero attached hydrogens (tertiary/aromatic N) is 6. The highest BCUT2D eigenvalue weighted by Crippen LogP contribution is 2.35. The van der Waals surface area contributed by atoms with Crippen molar-refractivity contribution in [2.75, 3.05) is 40.7 Å². The van der Waals surface area contributed by atoms with Crippen molar-refractivity contribution in [2.45, 2.75) is 4.90 Å². The summed E-state index contributed by atoms with van der Waals surface area (Å²) >= 11 is 9.56. The summed E-state index contributed by atoms with van der Waals surface area (Å²) in [6, 6.07) is 26.0. The van der Waals surface area contributed by atoms with E-state index in [1.807, 2.05) is 70.8 Å². The van der Waals surface area contributed by atoms with Crippen molar-refractivity contribution < 1.29 is 8.42 Å². The number of rotatable bonds is 6. The molecule has 9 nitrogen and oxygen atoms in total. The van der Waals surface area contributed by atoms with Crippen LogP contribution in [0.4, 0.5) is 23.3 Å². The third kappa shape index (κ3) is 5.58. The fourth-order valence-electron chi connectivity index (χ4n) is 4.80. The van der Waals surface area contributed by atoms with Gasteiger partial charge in [-0.15, -0.1) is 0 Å². The van der Waals surface area contributed by atoms with Gasteiger partial charge >= 0.3 is 0 Å². The highest BCUT2D eigenvalue weighted by Gasteiger charge is 2.29. The van der Waals surface area contributed by atoms with Crippen LogP contribution in [0.3, 0.4) is 0 Å². The molecule has 0 radical (unpaired) electrons. The molecule has 3 aromatic carbocycles. The van der Waals surface area contributed by atoms with E-state index in [0.717, 1.165) is 33.5 Å². The number of hydrogen-bond acceptors (Lipinski definition) is 8. The van der Waals surface area contributed by atoms with Crippen LogP contribution in [-0.4, -0.2) is 53.9 Å². The molecular formula is C29H25BrClN7O2S. The predicted molar refractivity (Wildman–Crippen MR) is 167 cm³/mol. The van der Waals surface area contributed by atoms with Crippen molar-refractivity contribution >= 4 is 71.9 Å². The van der Waals surface area contributed by atoms with Gasteiger partial charge in [-0.1, -0.05) is 35.9 Å². The molecule has 5 aromatic rings. The van der Waals surface area contributed by atoms with Crippen LogP contribution in [-0.2, 0) is 10.0 Å². The number of benzene rings is 3. The van der Waals surface area contributed by atoms with Gasteiger partial charge in [-0.2, -0.15) is 9.29 Å². The SMILES string of the molecule is Nc1nc(N(Br)c2ccccc2)c2cc(-c3ccc(N4CCN(S(=O)(=O)c5ccc(Cl)cc5)CC4)nc3)ccc2n1. The van der Waals surface area contributed by atoms with E-state index in [1.165, 1.54) is 16.4 Å². The van der Waals surface area contributed by atoms with Crippen LogP contribution in [0, 0.1) is 0 Å². The van der Waals surface area contributed by atoms with E-state index in [-0.39, 0.29) is 10.8 Å². The van der Waals surface area contributed by atoms with Crippen LogP contribution in [0.5, 0.6) is 0 Å². The Morgan fingerprint density at radius 1 is 0.854 bits per heavy atom. The molecule has 41 heavy (non-hydrogen) atoms. The number of aromatic nitrogens is 3. The van der Waals surface area contributed by atoms with Gasteiger partial charge in [0.2, 0.25) is 16.0 Å². The molecule has 6 rings (SSSR count). The Balaban J connectivity index is 1.20. The van der Waals surface area contributed by atoms with Gasteiger partial charge in [0.1, 0.15) is 5.82 Å². The molecule has 12 heteroatoms. The number of para-hydroxylation sites is 1. The number of anilines is 4. The van der Waals surface area contributed by atoms with Gasteiger partial charge in [-0.05, 0) is 66.2 Å². The summed E-state index contributed by atoms with van der Waals surface area (Å²) in [5.41, 5.74) is 9.55. The molecular weight excluding hydrogens is 626 g/mol. The standard InChI is InChI=1S/C29H25BrClN7O2S/c30-38(23-4-2-1-3-5-23)28-25-18-20(6-12-26(25)34-29(32)35-28)21-7-13-27(33-19-21)36-14-16-37(17-15-36)41(39,40)24-10-8-22(31)9-11-24/h1-13,18-19H,14-17H2,(H2,32,34,35). The number of nitrogen functional groups attached to an aromatic ring is 1. The Morgan fingerprint density at radius 2 is 1.56 bits per heavy atom. The third-order valence-electron chi connectivity index (χ3n) is 6.96. The van der Waals surface area contributed by atoms with Gasteiger partial charge in [0, 0.05) is 48.3 Å². The number of sulfonamides is 1. The molecule has 0 spiro atoms. The van der Waals surface area contributed by atoms with Gasteiger partial charge in [0.25, 0.3) is 0 Å². The van der Waals surface area contributed by atoms with Gasteiger partial charge in [-0.25, -0.2) is 18.4 Å². The quantitative estimate of drug-likeness (QED) is 0.227. The van der Waals surface area contributed by atoms with Crippen molar-refractivity contribution in [3.05, 3.63) is 96.1 Å². The van der Waals surface area contributed by atoms with Gasteiger partial charge in [0.15, 0.2) is 5.82 Å². The fraction of sp³-hybridized carbons (Fsp3) is 0.138. The molecule has 2 N–H and O–H groups in total. The zero-order valence-electron chi connectivity index (χ0n) is 21.7. The van der Waals surface area contributed by atoms with Crippen LogP contribution < -0.4 is 14.6 Å². The molecule has 208 valence electrons. The van der Waals surface area contributed by atoms with E-state index in [2.05, 4.69) is 31.0 Å². The highest BCUT2D eigenvalue weighted by atomic mass is 79.9. The van der Waals surface area contributed by atoms with Crippen molar-refractivity contribution in [2.24, 2.45) is 0 Å². The molecule has 2 aromatic heterocycles. The van der Waals surface area contributed by atoms with Gasteiger partial charge in [-0.3, -0.25) is 3.93 Å². The highest BCUT2D eigenvalue weighted by molar-refractivity contribution is 9.10. The normalized spacial score (nSPS) is 14.3. The first-order chi connectivity index (χ1) is 19.8. The lowest BCUT2D eigenvalue weighted by atomic mass is 10.0. The zero-order valence-corrected chi connectivity index (χ0v) is 24.9. The summed E-state index contributed by atoms with van der Waals surface area (Å²) in [6.07, 6.45) is 1.83. The maximum Gasteiger partial charge on any atom is 0.243 e. The average Bonchev–Trinajstić information content (AvgIpc) is 3.01. The largest absolute Gasteiger partial charge is 0.368 e. The van der Waals surface area contributed by atoms with Crippen molar-refractivity contribution in [1.29, 1.82) is 0 Å². The minimum absolute atomic E-state index is 0.188. The second kappa shape index (κ2) is 11.2. The van der Waals surface area contributed by atoms with E-state index in [1.54, 1.807) is 12.1 Å². The molecule has 0 amide bonds. The van der Waals surface area contributed by atoms with Crippen LogP contribution in [0.1, 0.15) is 0 Å². The number of pyridine rings is 1. The van der Waals surface area contributed by atoms with E-state index in [4.69, 9.17) is 22.3 Å². The predicted octanol–water partition coefficient (Wildman–Crippen LogP) is 5.89. The second-order valence-corrected chi connectivity index (χ2v) is 12.6. The molecule has 0 atom stereocenters. The lowest BCUT2D eigenvalue weighted by Gasteiger charge is -2.34. The summed E-state index contributed by atoms with van der Waals surface area (Å²) in [6.45, 7) is 1.82. The second-order valence-electron chi connectivity index (χ2n) is 9.50. The number of hydrogen-bond donors (Lipinski definition) is 1. The molecule has 1 saturated heterocycles. The number of halogens is 2. The minimum Gasteiger partial charge on any atom is -0.368 e. The molecule has 0 aliphatic carbocycles. The molecule has 0 bridgehead atoms. The first-order valence-electron chi connectivity index (χ1n) is 12.8. The lowest BCUT2D eigenvalue weighted by molar-refractivity contribution is 0.384. The van der Waals surface area contributed by atoms with Crippen LogP contribution in [0.2, 0.25) is 5.02 Å². The van der Waals surface area contributed by atoms with Crippen molar-refractivity contribution in [3.63, 3.8) is 0 Å². The number of piperazine rings is 1. The summed E-state index contributed by atoms with van der Waals surface area (Å²) in [5.74, 6) is 1.62. The van der Waals surface area contributed by atoms with E-state index in [0.29, 0.717) is 37.0 Å². The van der Waals surface area contributed by atoms with Gasteiger partial charge < -0.3 is 10.6 Å². The van der Waals surface area contributed by atoms with E-state index >= 15 is 0 Å². The minimum atomic E-state index is -3.57. The first-order valence-corrected chi connectivity index (χ1v) is 15.4. The topological polar surface area (TPSA) is 109 Å². The van der Waals surface area contributed by atoms with E-state index in [9.17, 15) is 8.42 Å². The van der Waals surface area contributed by atoms with Crippen LogP contribution in [0.25, 0.3) is 22.0 Å². The van der Waals surface area contributed by atoms with Crippen LogP contribution >= 0.6 is 27.7 Å². The van der Waals surface area contributed by atoms with Crippen molar-refractivity contribution in [3.8, 4) is 11.1 Å². The molecule has 0 saturated carbocycles. The summed E-state index contributed by atoms with van der Waals surface area (Å²) < 4.78 is 29.4. The Bertz CT molecular complexity index is 1800. The molecule has 1 aliphatic heterocycles. The van der Waals surface area contributed by atoms with Crippen molar-refractivity contribution in [1.82, 2.24) is 19.3 Å². The Kier molecular flexibility index (Phi) is 7.52. The molecule has 1 fully saturated rings. The summed E-state index contributed by atoms with van der Waals surface area (Å²) in [7, 11) is -3.57. The zero-order chi connectivity index (χ0) is 28.6. The Labute approximate surface area is 251 Å². The van der Waals surface area contributed by atoms with Gasteiger partial charge in [0.05, 0.1) is 32.2 Å². The number of nitrogens with two attached hydrogens (primary N) is 1. The molecule has 0 unspecified atom stereocenters. The maximum atomic E-state index is 13.0. The summed E-state index contributed by atoms with van der Waals surface area (Å²) in [5, 5.41) is 1.34. The third-order valence-corrected chi connectivity index (χ3v) is 9.87. The van der Waals surface area contributed by atoms with E-state index < -0.39 is 10.0 Å². The Morgan fingerprint density at radius 3 is 2.24 bits per heavy atom. The fourth-order valence-corrected chi connectivity index (χ4v) is 6.85. The first kappa shape index (κ1) is 27.4. The Hall–Kier alpha value is -3.77. The monoisotopic (exact) mass is 649 g/mol. The summed E-state index contributed by atoms with van der Waals surface area (Å²) in [4.78, 5) is 16.0.